The second kappa shape index (κ2) is 8.64. The number of halogens is 1. The molecule has 3 aliphatic rings. The minimum absolute atomic E-state index is 0.0592. The number of carbonyl (C=O) groups is 2. The highest BCUT2D eigenvalue weighted by Gasteiger charge is 2.37. The second-order valence-corrected chi connectivity index (χ2v) is 11.3. The van der Waals surface area contributed by atoms with Crippen LogP contribution in [0, 0.1) is 5.92 Å². The molecule has 0 bridgehead atoms. The van der Waals surface area contributed by atoms with Crippen LogP contribution >= 0.6 is 15.9 Å². The highest BCUT2D eigenvalue weighted by Crippen LogP contribution is 2.40. The summed E-state index contributed by atoms with van der Waals surface area (Å²) in [5.74, 6) is 0.508. The summed E-state index contributed by atoms with van der Waals surface area (Å²) in [6, 6.07) is 8.39. The van der Waals surface area contributed by atoms with E-state index in [9.17, 15) is 18.0 Å². The van der Waals surface area contributed by atoms with Gasteiger partial charge in [0.1, 0.15) is 13.2 Å². The van der Waals surface area contributed by atoms with E-state index >= 15 is 0 Å². The van der Waals surface area contributed by atoms with Crippen LogP contribution in [0.15, 0.2) is 39.7 Å². The van der Waals surface area contributed by atoms with Gasteiger partial charge in [0, 0.05) is 40.8 Å². The summed E-state index contributed by atoms with van der Waals surface area (Å²) in [7, 11) is -3.76. The van der Waals surface area contributed by atoms with Gasteiger partial charge in [-0.2, -0.15) is 0 Å². The lowest BCUT2D eigenvalue weighted by Crippen LogP contribution is -2.30. The highest BCUT2D eigenvalue weighted by molar-refractivity contribution is 9.10. The van der Waals surface area contributed by atoms with E-state index in [0.717, 1.165) is 18.4 Å². The zero-order valence-corrected chi connectivity index (χ0v) is 20.2. The quantitative estimate of drug-likeness (QED) is 0.609. The van der Waals surface area contributed by atoms with Crippen molar-refractivity contribution in [3.8, 4) is 11.5 Å². The predicted molar refractivity (Wildman–Crippen MR) is 126 cm³/mol. The maximum absolute atomic E-state index is 13.1. The number of amides is 2. The normalized spacial score (nSPS) is 16.9. The van der Waals surface area contributed by atoms with E-state index < -0.39 is 15.7 Å². The molecular weight excluding hydrogens is 512 g/mol. The molecule has 2 heterocycles. The molecule has 0 unspecified atom stereocenters. The van der Waals surface area contributed by atoms with Crippen LogP contribution in [0.25, 0.3) is 0 Å². The molecule has 2 aromatic rings. The number of hydrogen-bond acceptors (Lipinski definition) is 6. The van der Waals surface area contributed by atoms with Gasteiger partial charge < -0.3 is 19.7 Å². The van der Waals surface area contributed by atoms with Gasteiger partial charge in [-0.3, -0.25) is 9.59 Å². The molecule has 174 valence electrons. The molecule has 2 amide bonds. The lowest BCUT2D eigenvalue weighted by Gasteiger charge is -2.19. The van der Waals surface area contributed by atoms with Crippen LogP contribution < -0.4 is 19.7 Å². The van der Waals surface area contributed by atoms with Crippen LogP contribution in [0.5, 0.6) is 11.5 Å². The van der Waals surface area contributed by atoms with Crippen molar-refractivity contribution in [1.29, 1.82) is 0 Å². The van der Waals surface area contributed by atoms with Gasteiger partial charge in [-0.05, 0) is 65.0 Å². The predicted octanol–water partition coefficient (Wildman–Crippen LogP) is 3.32. The smallest absolute Gasteiger partial charge is 0.230 e. The Kier molecular flexibility index (Phi) is 5.82. The van der Waals surface area contributed by atoms with Gasteiger partial charge in [-0.25, -0.2) is 8.42 Å². The van der Waals surface area contributed by atoms with E-state index in [1.54, 1.807) is 35.2 Å². The van der Waals surface area contributed by atoms with E-state index in [0.29, 0.717) is 53.5 Å². The van der Waals surface area contributed by atoms with Gasteiger partial charge in [0.05, 0.1) is 10.6 Å². The van der Waals surface area contributed by atoms with Crippen LogP contribution in [0.2, 0.25) is 0 Å². The average molecular weight is 535 g/mol. The Balaban J connectivity index is 1.28. The Hall–Kier alpha value is -2.59. The molecule has 1 fully saturated rings. The number of anilines is 2. The van der Waals surface area contributed by atoms with Gasteiger partial charge in [-0.1, -0.05) is 0 Å². The maximum Gasteiger partial charge on any atom is 0.230 e. The molecular formula is C23H23BrN2O6S. The molecule has 0 spiro atoms. The molecule has 5 rings (SSSR count). The first kappa shape index (κ1) is 22.2. The van der Waals surface area contributed by atoms with Crippen molar-refractivity contribution in [3.05, 3.63) is 40.4 Å². The minimum Gasteiger partial charge on any atom is -0.486 e. The third-order valence-electron chi connectivity index (χ3n) is 5.98. The van der Waals surface area contributed by atoms with Gasteiger partial charge in [-0.15, -0.1) is 0 Å². The topological polar surface area (TPSA) is 102 Å². The van der Waals surface area contributed by atoms with Gasteiger partial charge in [0.25, 0.3) is 0 Å². The first-order chi connectivity index (χ1) is 15.8. The van der Waals surface area contributed by atoms with Crippen LogP contribution in [0.3, 0.4) is 0 Å². The summed E-state index contributed by atoms with van der Waals surface area (Å²) in [4.78, 5) is 26.8. The number of nitrogens with one attached hydrogen (secondary N) is 1. The van der Waals surface area contributed by atoms with Crippen LogP contribution in [-0.2, 0) is 25.8 Å². The van der Waals surface area contributed by atoms with Crippen LogP contribution in [-0.4, -0.2) is 45.7 Å². The summed E-state index contributed by atoms with van der Waals surface area (Å²) < 4.78 is 37.6. The number of carbonyl (C=O) groups excluding carboxylic acids is 2. The van der Waals surface area contributed by atoms with Gasteiger partial charge in [0.15, 0.2) is 21.3 Å². The summed E-state index contributed by atoms with van der Waals surface area (Å²) in [6.07, 6.45) is 2.28. The zero-order chi connectivity index (χ0) is 23.2. The summed E-state index contributed by atoms with van der Waals surface area (Å²) in [6.45, 7) is 1.47. The number of nitrogens with zero attached hydrogens (tertiary/aromatic N) is 1. The molecule has 0 aromatic heterocycles. The molecule has 33 heavy (non-hydrogen) atoms. The van der Waals surface area contributed by atoms with E-state index in [1.165, 1.54) is 0 Å². The number of ether oxygens (including phenoxy) is 2. The summed E-state index contributed by atoms with van der Waals surface area (Å²) >= 11 is 3.37. The van der Waals surface area contributed by atoms with Crippen molar-refractivity contribution in [3.63, 3.8) is 0 Å². The second-order valence-electron chi connectivity index (χ2n) is 8.40. The molecule has 2 aromatic carbocycles. The van der Waals surface area contributed by atoms with Gasteiger partial charge >= 0.3 is 0 Å². The van der Waals surface area contributed by atoms with Crippen molar-refractivity contribution < 1.29 is 27.5 Å². The van der Waals surface area contributed by atoms with E-state index in [4.69, 9.17) is 9.47 Å². The fraction of sp³-hybridized carbons (Fsp3) is 0.391. The molecule has 1 saturated carbocycles. The third kappa shape index (κ3) is 4.59. The SMILES string of the molecule is O=C(CCS(=O)(=O)c1cc2c(cc1Br)CCN2C(=O)C1CC1)Nc1ccc2c(c1)OCCO2. The number of hydrogen-bond donors (Lipinski definition) is 1. The minimum atomic E-state index is -3.76. The number of benzene rings is 2. The molecule has 8 nitrogen and oxygen atoms in total. The number of sulfone groups is 1. The summed E-state index contributed by atoms with van der Waals surface area (Å²) in [5, 5.41) is 2.71. The molecule has 10 heteroatoms. The molecule has 0 saturated heterocycles. The molecule has 0 radical (unpaired) electrons. The highest BCUT2D eigenvalue weighted by atomic mass is 79.9. The number of rotatable bonds is 6. The molecule has 2 aliphatic heterocycles. The Morgan fingerprint density at radius 1 is 1.09 bits per heavy atom. The lowest BCUT2D eigenvalue weighted by molar-refractivity contribution is -0.119. The van der Waals surface area contributed by atoms with Crippen LogP contribution in [0.4, 0.5) is 11.4 Å². The number of fused-ring (bicyclic) bond motifs is 2. The van der Waals surface area contributed by atoms with Crippen molar-refractivity contribution in [1.82, 2.24) is 0 Å². The maximum atomic E-state index is 13.1. The standard InChI is InChI=1S/C23H23BrN2O6S/c24-17-11-15-5-7-26(23(28)14-1-2-14)18(15)13-21(17)33(29,30)10-6-22(27)25-16-3-4-19-20(12-16)32-9-8-31-19/h3-4,11-14H,1-2,5-10H2,(H,25,27). The molecule has 0 atom stereocenters. The molecule has 1 N–H and O–H groups in total. The monoisotopic (exact) mass is 534 g/mol. The Labute approximate surface area is 200 Å². The fourth-order valence-electron chi connectivity index (χ4n) is 4.09. The third-order valence-corrected chi connectivity index (χ3v) is 8.65. The zero-order valence-electron chi connectivity index (χ0n) is 17.8. The summed E-state index contributed by atoms with van der Waals surface area (Å²) in [5.41, 5.74) is 2.12. The Morgan fingerprint density at radius 2 is 1.85 bits per heavy atom. The first-order valence-electron chi connectivity index (χ1n) is 10.9. The fourth-order valence-corrected chi connectivity index (χ4v) is 6.54. The van der Waals surface area contributed by atoms with Crippen molar-refractivity contribution >= 4 is 49.0 Å². The van der Waals surface area contributed by atoms with E-state index in [1.807, 2.05) is 0 Å². The van der Waals surface area contributed by atoms with E-state index in [-0.39, 0.29) is 28.9 Å². The van der Waals surface area contributed by atoms with Crippen LogP contribution in [0.1, 0.15) is 24.8 Å². The van der Waals surface area contributed by atoms with Crippen molar-refractivity contribution in [2.24, 2.45) is 5.92 Å². The van der Waals surface area contributed by atoms with Crippen molar-refractivity contribution in [2.75, 3.05) is 35.7 Å². The van der Waals surface area contributed by atoms with Gasteiger partial charge in [0.2, 0.25) is 11.8 Å². The lowest BCUT2D eigenvalue weighted by atomic mass is 10.2. The average Bonchev–Trinajstić information content (AvgIpc) is 3.57. The van der Waals surface area contributed by atoms with E-state index in [2.05, 4.69) is 21.2 Å². The molecule has 1 aliphatic carbocycles. The first-order valence-corrected chi connectivity index (χ1v) is 13.3. The Bertz CT molecular complexity index is 1240. The largest absolute Gasteiger partial charge is 0.486 e. The Morgan fingerprint density at radius 3 is 2.61 bits per heavy atom. The van der Waals surface area contributed by atoms with Crippen molar-refractivity contribution in [2.45, 2.75) is 30.6 Å².